The number of halogens is 1. The Bertz CT molecular complexity index is 848. The summed E-state index contributed by atoms with van der Waals surface area (Å²) in [5.41, 5.74) is 0.522. The summed E-state index contributed by atoms with van der Waals surface area (Å²) < 4.78 is 18.6. The molecular formula is C21H23FN2O4S. The highest BCUT2D eigenvalue weighted by atomic mass is 32.1. The van der Waals surface area contributed by atoms with Crippen molar-refractivity contribution >= 4 is 29.1 Å². The van der Waals surface area contributed by atoms with Crippen molar-refractivity contribution in [3.63, 3.8) is 0 Å². The van der Waals surface area contributed by atoms with Gasteiger partial charge in [0.2, 0.25) is 0 Å². The van der Waals surface area contributed by atoms with Gasteiger partial charge in [0.15, 0.2) is 6.61 Å². The largest absolute Gasteiger partial charge is 0.455 e. The van der Waals surface area contributed by atoms with Gasteiger partial charge in [0.05, 0.1) is 10.8 Å². The fourth-order valence-electron chi connectivity index (χ4n) is 3.22. The Morgan fingerprint density at radius 1 is 1.14 bits per heavy atom. The van der Waals surface area contributed by atoms with E-state index in [4.69, 9.17) is 4.74 Å². The molecule has 29 heavy (non-hydrogen) atoms. The lowest BCUT2D eigenvalue weighted by molar-refractivity contribution is -0.153. The lowest BCUT2D eigenvalue weighted by Crippen LogP contribution is -2.41. The van der Waals surface area contributed by atoms with Crippen molar-refractivity contribution in [2.24, 2.45) is 5.92 Å². The molecular weight excluding hydrogens is 395 g/mol. The van der Waals surface area contributed by atoms with E-state index in [-0.39, 0.29) is 30.8 Å². The molecule has 0 bridgehead atoms. The minimum atomic E-state index is -0.419. The number of amides is 2. The monoisotopic (exact) mass is 418 g/mol. The molecule has 1 aliphatic heterocycles. The summed E-state index contributed by atoms with van der Waals surface area (Å²) in [6.07, 6.45) is 1.40. The lowest BCUT2D eigenvalue weighted by atomic mass is 9.97. The van der Waals surface area contributed by atoms with Gasteiger partial charge >= 0.3 is 5.97 Å². The van der Waals surface area contributed by atoms with Crippen molar-refractivity contribution in [3.8, 4) is 0 Å². The number of nitrogens with zero attached hydrogens (tertiary/aromatic N) is 1. The van der Waals surface area contributed by atoms with E-state index in [9.17, 15) is 18.8 Å². The second-order valence-corrected chi connectivity index (χ2v) is 7.79. The third-order valence-corrected chi connectivity index (χ3v) is 5.73. The van der Waals surface area contributed by atoms with E-state index in [0.717, 1.165) is 0 Å². The van der Waals surface area contributed by atoms with E-state index >= 15 is 0 Å². The second kappa shape index (κ2) is 10.2. The summed E-state index contributed by atoms with van der Waals surface area (Å²) in [5.74, 6) is -1.47. The van der Waals surface area contributed by atoms with Gasteiger partial charge in [-0.3, -0.25) is 14.4 Å². The van der Waals surface area contributed by atoms with E-state index < -0.39 is 11.9 Å². The molecule has 1 aliphatic rings. The molecule has 2 aromatic rings. The number of piperidine rings is 1. The molecule has 3 rings (SSSR count). The summed E-state index contributed by atoms with van der Waals surface area (Å²) in [6.45, 7) is 0.891. The number of nitrogens with one attached hydrogen (secondary N) is 1. The number of rotatable bonds is 7. The van der Waals surface area contributed by atoms with Crippen LogP contribution in [0.1, 0.15) is 28.1 Å². The van der Waals surface area contributed by atoms with Crippen LogP contribution in [0.2, 0.25) is 0 Å². The molecule has 0 aliphatic carbocycles. The SMILES string of the molecule is O=C(COC(=O)C1CCN(C(=O)c2cccs2)CC1)NCCc1ccccc1F. The fraction of sp³-hybridized carbons (Fsp3) is 0.381. The van der Waals surface area contributed by atoms with Gasteiger partial charge in [-0.05, 0) is 42.3 Å². The normalized spacial score (nSPS) is 14.4. The van der Waals surface area contributed by atoms with Crippen molar-refractivity contribution in [3.05, 3.63) is 58.0 Å². The van der Waals surface area contributed by atoms with Gasteiger partial charge in [-0.1, -0.05) is 24.3 Å². The van der Waals surface area contributed by atoms with E-state index in [1.807, 2.05) is 11.4 Å². The van der Waals surface area contributed by atoms with Crippen LogP contribution < -0.4 is 5.32 Å². The lowest BCUT2D eigenvalue weighted by Gasteiger charge is -2.30. The van der Waals surface area contributed by atoms with Crippen LogP contribution in [0.5, 0.6) is 0 Å². The average Bonchev–Trinajstić information content (AvgIpc) is 3.28. The van der Waals surface area contributed by atoms with Crippen LogP contribution in [0, 0.1) is 11.7 Å². The molecule has 154 valence electrons. The third-order valence-electron chi connectivity index (χ3n) is 4.87. The maximum atomic E-state index is 13.5. The summed E-state index contributed by atoms with van der Waals surface area (Å²) in [6, 6.07) is 10.0. The van der Waals surface area contributed by atoms with Gasteiger partial charge in [0, 0.05) is 19.6 Å². The maximum Gasteiger partial charge on any atom is 0.309 e. The first-order valence-corrected chi connectivity index (χ1v) is 10.4. The Hall–Kier alpha value is -2.74. The number of likely N-dealkylation sites (tertiary alicyclic amines) is 1. The van der Waals surface area contributed by atoms with E-state index in [0.29, 0.717) is 42.8 Å². The van der Waals surface area contributed by atoms with E-state index in [1.165, 1.54) is 17.4 Å². The molecule has 1 aromatic heterocycles. The van der Waals surface area contributed by atoms with Gasteiger partial charge in [-0.25, -0.2) is 4.39 Å². The molecule has 6 nitrogen and oxygen atoms in total. The zero-order valence-electron chi connectivity index (χ0n) is 15.9. The number of benzene rings is 1. The van der Waals surface area contributed by atoms with Gasteiger partial charge < -0.3 is 15.0 Å². The Kier molecular flexibility index (Phi) is 7.35. The van der Waals surface area contributed by atoms with Crippen LogP contribution in [-0.4, -0.2) is 48.9 Å². The highest BCUT2D eigenvalue weighted by molar-refractivity contribution is 7.12. The number of carbonyl (C=O) groups is 3. The molecule has 0 spiro atoms. The number of hydrogen-bond acceptors (Lipinski definition) is 5. The number of carbonyl (C=O) groups excluding carboxylic acids is 3. The first-order chi connectivity index (χ1) is 14.0. The van der Waals surface area contributed by atoms with Crippen LogP contribution in [0.25, 0.3) is 0 Å². The highest BCUT2D eigenvalue weighted by Crippen LogP contribution is 2.21. The topological polar surface area (TPSA) is 75.7 Å². The quantitative estimate of drug-likeness (QED) is 0.702. The van der Waals surface area contributed by atoms with Gasteiger partial charge in [0.25, 0.3) is 11.8 Å². The Labute approximate surface area is 172 Å². The van der Waals surface area contributed by atoms with E-state index in [2.05, 4.69) is 5.32 Å². The summed E-state index contributed by atoms with van der Waals surface area (Å²) in [5, 5.41) is 4.48. The molecule has 1 saturated heterocycles. The number of esters is 1. The molecule has 2 amide bonds. The van der Waals surface area contributed by atoms with Crippen molar-refractivity contribution in [1.29, 1.82) is 0 Å². The van der Waals surface area contributed by atoms with Crippen LogP contribution in [0.3, 0.4) is 0 Å². The van der Waals surface area contributed by atoms with Crippen molar-refractivity contribution in [1.82, 2.24) is 10.2 Å². The van der Waals surface area contributed by atoms with Crippen LogP contribution in [0.15, 0.2) is 41.8 Å². The first kappa shape index (κ1) is 21.0. The average molecular weight is 418 g/mol. The Morgan fingerprint density at radius 3 is 2.59 bits per heavy atom. The molecule has 0 unspecified atom stereocenters. The number of thiophene rings is 1. The molecule has 0 radical (unpaired) electrons. The summed E-state index contributed by atoms with van der Waals surface area (Å²) in [4.78, 5) is 38.8. The first-order valence-electron chi connectivity index (χ1n) is 9.54. The third kappa shape index (κ3) is 5.87. The van der Waals surface area contributed by atoms with Gasteiger partial charge in [0.1, 0.15) is 5.82 Å². The molecule has 1 N–H and O–H groups in total. The molecule has 0 saturated carbocycles. The number of hydrogen-bond donors (Lipinski definition) is 1. The Morgan fingerprint density at radius 2 is 1.90 bits per heavy atom. The summed E-state index contributed by atoms with van der Waals surface area (Å²) in [7, 11) is 0. The van der Waals surface area contributed by atoms with Crippen LogP contribution in [0.4, 0.5) is 4.39 Å². The second-order valence-electron chi connectivity index (χ2n) is 6.84. The van der Waals surface area contributed by atoms with Gasteiger partial charge in [-0.2, -0.15) is 0 Å². The molecule has 8 heteroatoms. The van der Waals surface area contributed by atoms with E-state index in [1.54, 1.807) is 29.2 Å². The predicted molar refractivity (Wildman–Crippen MR) is 107 cm³/mol. The maximum absolute atomic E-state index is 13.5. The van der Waals surface area contributed by atoms with Gasteiger partial charge in [-0.15, -0.1) is 11.3 Å². The fourth-order valence-corrected chi connectivity index (χ4v) is 3.91. The van der Waals surface area contributed by atoms with Crippen LogP contribution in [-0.2, 0) is 20.7 Å². The smallest absolute Gasteiger partial charge is 0.309 e. The zero-order chi connectivity index (χ0) is 20.6. The standard InChI is InChI=1S/C21H23FN2O4S/c22-17-5-2-1-4-15(17)7-10-23-19(25)14-28-21(27)16-8-11-24(12-9-16)20(26)18-6-3-13-29-18/h1-6,13,16H,7-12,14H2,(H,23,25). The zero-order valence-corrected chi connectivity index (χ0v) is 16.8. The molecule has 1 aromatic carbocycles. The minimum absolute atomic E-state index is 0.0129. The van der Waals surface area contributed by atoms with Crippen molar-refractivity contribution in [2.45, 2.75) is 19.3 Å². The minimum Gasteiger partial charge on any atom is -0.455 e. The predicted octanol–water partition coefficient (Wildman–Crippen LogP) is 2.64. The van der Waals surface area contributed by atoms with Crippen molar-refractivity contribution in [2.75, 3.05) is 26.2 Å². The highest BCUT2D eigenvalue weighted by Gasteiger charge is 2.29. The number of ether oxygens (including phenoxy) is 1. The summed E-state index contributed by atoms with van der Waals surface area (Å²) >= 11 is 1.40. The van der Waals surface area contributed by atoms with Crippen molar-refractivity contribution < 1.29 is 23.5 Å². The molecule has 2 heterocycles. The molecule has 1 fully saturated rings. The Balaban J connectivity index is 1.34. The van der Waals surface area contributed by atoms with Crippen LogP contribution >= 0.6 is 11.3 Å². The molecule has 0 atom stereocenters.